The lowest BCUT2D eigenvalue weighted by Gasteiger charge is -2.30. The number of hydrogen-bond donors (Lipinski definition) is 4. The highest BCUT2D eigenvalue weighted by Gasteiger charge is 2.83. The zero-order valence-electron chi connectivity index (χ0n) is 24.7. The molecule has 7 atom stereocenters. The van der Waals surface area contributed by atoms with Gasteiger partial charge in [-0.25, -0.2) is 14.1 Å². The van der Waals surface area contributed by atoms with Crippen LogP contribution in [0.5, 0.6) is 5.75 Å². The molecule has 44 heavy (non-hydrogen) atoms. The number of nitrogens with zero attached hydrogens (tertiary/aromatic N) is 4. The van der Waals surface area contributed by atoms with Crippen LogP contribution in [0.3, 0.4) is 0 Å². The molecular weight excluding hydrogens is 591 g/mol. The minimum atomic E-state index is -4.44. The SMILES string of the molecule is CC(NP(=O)(Oc1ccc(C(C)(C)C)cc1)OC1C2OC(C#N)(c3ccc4c(N)ncnn34)C(O)C21O)C(=O)OCC1CC1. The normalized spacial score (nSPS) is 29.8. The summed E-state index contributed by atoms with van der Waals surface area (Å²) in [5.74, 6) is -0.00823. The quantitative estimate of drug-likeness (QED) is 0.189. The summed E-state index contributed by atoms with van der Waals surface area (Å²) >= 11 is 0. The lowest BCUT2D eigenvalue weighted by Crippen LogP contribution is -2.47. The Morgan fingerprint density at radius 2 is 2.00 bits per heavy atom. The van der Waals surface area contributed by atoms with Crippen molar-refractivity contribution in [1.29, 1.82) is 5.26 Å². The third-order valence-electron chi connectivity index (χ3n) is 8.30. The monoisotopic (exact) mass is 626 g/mol. The average Bonchev–Trinajstić information content (AvgIpc) is 3.81. The molecule has 2 saturated carbocycles. The molecule has 0 amide bonds. The van der Waals surface area contributed by atoms with E-state index < -0.39 is 49.3 Å². The number of fused-ring (bicyclic) bond motifs is 2. The molecule has 2 aromatic heterocycles. The van der Waals surface area contributed by atoms with Crippen molar-refractivity contribution >= 4 is 25.1 Å². The van der Waals surface area contributed by atoms with Crippen LogP contribution in [0.1, 0.15) is 51.8 Å². The average molecular weight is 627 g/mol. The number of nitrogens with one attached hydrogen (secondary N) is 1. The number of carbonyl (C=O) groups is 1. The largest absolute Gasteiger partial charge is 0.464 e. The minimum absolute atomic E-state index is 0.111. The summed E-state index contributed by atoms with van der Waals surface area (Å²) in [4.78, 5) is 16.6. The number of ether oxygens (including phenoxy) is 2. The van der Waals surface area contributed by atoms with Gasteiger partial charge in [-0.3, -0.25) is 9.32 Å². The first kappa shape index (κ1) is 30.5. The first-order valence-corrected chi connectivity index (χ1v) is 15.9. The Bertz CT molecular complexity index is 1680. The Kier molecular flexibility index (Phi) is 7.28. The van der Waals surface area contributed by atoms with Gasteiger partial charge in [0.15, 0.2) is 11.4 Å². The Hall–Kier alpha value is -3.57. The first-order valence-electron chi connectivity index (χ1n) is 14.3. The molecule has 5 N–H and O–H groups in total. The van der Waals surface area contributed by atoms with Crippen molar-refractivity contribution in [1.82, 2.24) is 19.7 Å². The summed E-state index contributed by atoms with van der Waals surface area (Å²) in [5.41, 5.74) is 3.05. The molecule has 0 radical (unpaired) electrons. The van der Waals surface area contributed by atoms with Gasteiger partial charge in [0.25, 0.3) is 0 Å². The van der Waals surface area contributed by atoms with Crippen molar-refractivity contribution < 1.29 is 38.1 Å². The molecule has 6 rings (SSSR count). The number of nitrogen functional groups attached to an aromatic ring is 1. The van der Waals surface area contributed by atoms with Gasteiger partial charge in [0.1, 0.15) is 48.0 Å². The fourth-order valence-corrected chi connectivity index (χ4v) is 7.10. The second-order valence-electron chi connectivity index (χ2n) is 12.6. The molecular formula is C29H35N6O8P. The summed E-state index contributed by atoms with van der Waals surface area (Å²) < 4.78 is 38.5. The van der Waals surface area contributed by atoms with E-state index in [-0.39, 0.29) is 29.3 Å². The number of esters is 1. The maximum Gasteiger partial charge on any atom is 0.459 e. The number of carbonyl (C=O) groups excluding carboxylic acids is 1. The number of benzene rings is 1. The van der Waals surface area contributed by atoms with Gasteiger partial charge in [0.05, 0.1) is 12.3 Å². The number of aliphatic hydroxyl groups excluding tert-OH is 1. The number of hydrogen-bond acceptors (Lipinski definition) is 12. The highest BCUT2D eigenvalue weighted by Crippen LogP contribution is 2.63. The Balaban J connectivity index is 1.25. The van der Waals surface area contributed by atoms with E-state index >= 15 is 0 Å². The number of nitriles is 1. The zero-order chi connectivity index (χ0) is 31.7. The lowest BCUT2D eigenvalue weighted by molar-refractivity contribution is -0.145. The zero-order valence-corrected chi connectivity index (χ0v) is 25.6. The molecule has 234 valence electrons. The molecule has 1 aromatic carbocycles. The fraction of sp³-hybridized carbons (Fsp3) is 0.517. The van der Waals surface area contributed by atoms with E-state index in [9.17, 15) is 24.8 Å². The van der Waals surface area contributed by atoms with E-state index in [1.54, 1.807) is 18.2 Å². The molecule has 1 aliphatic heterocycles. The highest BCUT2D eigenvalue weighted by atomic mass is 31.2. The first-order chi connectivity index (χ1) is 20.7. The second-order valence-corrected chi connectivity index (χ2v) is 14.3. The predicted molar refractivity (Wildman–Crippen MR) is 155 cm³/mol. The molecule has 3 heterocycles. The lowest BCUT2D eigenvalue weighted by atomic mass is 9.87. The van der Waals surface area contributed by atoms with E-state index in [1.807, 2.05) is 39.0 Å². The molecule has 3 fully saturated rings. The Morgan fingerprint density at radius 3 is 2.59 bits per heavy atom. The van der Waals surface area contributed by atoms with Gasteiger partial charge in [-0.1, -0.05) is 32.9 Å². The molecule has 2 aliphatic carbocycles. The number of aromatic nitrogens is 3. The van der Waals surface area contributed by atoms with Crippen LogP contribution in [0.15, 0.2) is 42.7 Å². The van der Waals surface area contributed by atoms with Gasteiger partial charge in [0.2, 0.25) is 5.60 Å². The van der Waals surface area contributed by atoms with Crippen molar-refractivity contribution in [2.24, 2.45) is 5.92 Å². The summed E-state index contributed by atoms with van der Waals surface area (Å²) in [6.45, 7) is 7.86. The third kappa shape index (κ3) is 5.13. The van der Waals surface area contributed by atoms with Gasteiger partial charge in [-0.05, 0) is 60.9 Å². The van der Waals surface area contributed by atoms with E-state index in [1.165, 1.54) is 23.8 Å². The van der Waals surface area contributed by atoms with Crippen LogP contribution >= 0.6 is 7.75 Å². The molecule has 1 saturated heterocycles. The molecule has 3 aliphatic rings. The molecule has 3 aromatic rings. The van der Waals surface area contributed by atoms with Crippen molar-refractivity contribution in [3.8, 4) is 11.8 Å². The maximum atomic E-state index is 14.2. The van der Waals surface area contributed by atoms with Crippen LogP contribution in [-0.2, 0) is 34.4 Å². The predicted octanol–water partition coefficient (Wildman–Crippen LogP) is 2.34. The minimum Gasteiger partial charge on any atom is -0.464 e. The van der Waals surface area contributed by atoms with Crippen molar-refractivity contribution in [3.05, 3.63) is 54.0 Å². The van der Waals surface area contributed by atoms with Gasteiger partial charge >= 0.3 is 13.7 Å². The molecule has 0 spiro atoms. The third-order valence-corrected chi connectivity index (χ3v) is 9.96. The van der Waals surface area contributed by atoms with Crippen LogP contribution in [-0.4, -0.2) is 67.3 Å². The number of rotatable bonds is 10. The Labute approximate surface area is 253 Å². The molecule has 14 nitrogen and oxygen atoms in total. The van der Waals surface area contributed by atoms with Crippen LogP contribution < -0.4 is 15.3 Å². The number of aliphatic hydroxyl groups is 2. The standard InChI is InChI=1S/C29H35N6O8P/c1-16(25(36)40-13-17-5-6-17)34-44(39,42-19-9-7-18(8-10-19)27(2,3)4)43-23-22-29(23,38)26(37)28(14-30,41-22)21-12-11-20-24(31)32-15-33-35(20)21/h7-12,15-17,22-23,26,37-38H,5-6,13H2,1-4H3,(H,34,39)(H2,31,32,33). The fourth-order valence-electron chi connectivity index (χ4n) is 5.39. The highest BCUT2D eigenvalue weighted by molar-refractivity contribution is 7.52. The topological polar surface area (TPSA) is 204 Å². The van der Waals surface area contributed by atoms with Gasteiger partial charge in [0, 0.05) is 0 Å². The van der Waals surface area contributed by atoms with Crippen LogP contribution in [0.4, 0.5) is 5.82 Å². The summed E-state index contributed by atoms with van der Waals surface area (Å²) in [7, 11) is -4.44. The summed E-state index contributed by atoms with van der Waals surface area (Å²) in [6.07, 6.45) is -1.36. The number of anilines is 1. The molecule has 7 unspecified atom stereocenters. The van der Waals surface area contributed by atoms with Crippen molar-refractivity contribution in [2.45, 2.75) is 81.5 Å². The van der Waals surface area contributed by atoms with E-state index in [0.29, 0.717) is 11.4 Å². The summed E-state index contributed by atoms with van der Waals surface area (Å²) in [5, 5.41) is 39.8. The summed E-state index contributed by atoms with van der Waals surface area (Å²) in [6, 6.07) is 10.8. The van der Waals surface area contributed by atoms with Crippen LogP contribution in [0.25, 0.3) is 5.52 Å². The van der Waals surface area contributed by atoms with Crippen molar-refractivity contribution in [3.63, 3.8) is 0 Å². The van der Waals surface area contributed by atoms with Crippen LogP contribution in [0, 0.1) is 17.2 Å². The second kappa shape index (κ2) is 10.5. The number of nitrogens with two attached hydrogens (primary N) is 1. The molecule has 0 bridgehead atoms. The maximum absolute atomic E-state index is 14.2. The smallest absolute Gasteiger partial charge is 0.459 e. The van der Waals surface area contributed by atoms with E-state index in [4.69, 9.17) is 24.3 Å². The van der Waals surface area contributed by atoms with E-state index in [0.717, 1.165) is 18.4 Å². The van der Waals surface area contributed by atoms with Crippen LogP contribution in [0.2, 0.25) is 0 Å². The molecule has 15 heteroatoms. The van der Waals surface area contributed by atoms with Crippen molar-refractivity contribution in [2.75, 3.05) is 12.3 Å². The van der Waals surface area contributed by atoms with Gasteiger partial charge in [-0.15, -0.1) is 0 Å². The van der Waals surface area contributed by atoms with E-state index in [2.05, 4.69) is 15.2 Å². The Morgan fingerprint density at radius 1 is 1.30 bits per heavy atom. The van der Waals surface area contributed by atoms with Gasteiger partial charge < -0.3 is 29.9 Å². The van der Waals surface area contributed by atoms with Gasteiger partial charge in [-0.2, -0.15) is 15.4 Å².